The molecule has 1 aliphatic rings. The van der Waals surface area contributed by atoms with Crippen molar-refractivity contribution in [1.82, 2.24) is 5.32 Å². The normalized spacial score (nSPS) is 24.8. The minimum atomic E-state index is 0.439. The zero-order valence-electron chi connectivity index (χ0n) is 10.2. The summed E-state index contributed by atoms with van der Waals surface area (Å²) < 4.78 is 0. The molecule has 1 unspecified atom stereocenters. The number of nitrogens with one attached hydrogen (secondary N) is 1. The van der Waals surface area contributed by atoms with Crippen molar-refractivity contribution in [3.8, 4) is 0 Å². The number of rotatable bonds is 6. The number of hydrogen-bond donors (Lipinski definition) is 1. The number of carbonyl (C=O) groups excluding carboxylic acids is 1. The van der Waals surface area contributed by atoms with E-state index in [-0.39, 0.29) is 0 Å². The lowest BCUT2D eigenvalue weighted by atomic mass is 9.67. The summed E-state index contributed by atoms with van der Waals surface area (Å²) in [7, 11) is 0. The van der Waals surface area contributed by atoms with Gasteiger partial charge in [0.15, 0.2) is 0 Å². The van der Waals surface area contributed by atoms with E-state index in [9.17, 15) is 4.79 Å². The lowest BCUT2D eigenvalue weighted by molar-refractivity contribution is -0.110. The molecule has 1 fully saturated rings. The fraction of sp³-hybridized carbons (Fsp3) is 0.923. The maximum atomic E-state index is 10.5. The topological polar surface area (TPSA) is 29.1 Å². The Labute approximate surface area is 93.8 Å². The molecule has 2 heteroatoms. The van der Waals surface area contributed by atoms with Gasteiger partial charge in [0.05, 0.1) is 0 Å². The molecule has 0 bridgehead atoms. The molecule has 1 N–H and O–H groups in total. The van der Waals surface area contributed by atoms with Crippen LogP contribution in [0.5, 0.6) is 0 Å². The predicted molar refractivity (Wildman–Crippen MR) is 63.7 cm³/mol. The van der Waals surface area contributed by atoms with Crippen molar-refractivity contribution in [1.29, 1.82) is 0 Å². The lowest BCUT2D eigenvalue weighted by Gasteiger charge is -2.41. The molecule has 1 saturated carbocycles. The first-order chi connectivity index (χ1) is 7.26. The first kappa shape index (κ1) is 12.5. The second-order valence-corrected chi connectivity index (χ2v) is 5.08. The lowest BCUT2D eigenvalue weighted by Crippen LogP contribution is -2.39. The Hall–Kier alpha value is -0.530. The van der Waals surface area contributed by atoms with Gasteiger partial charge >= 0.3 is 0 Å². The van der Waals surface area contributed by atoms with Crippen molar-refractivity contribution >= 4 is 6.41 Å². The molecule has 0 radical (unpaired) electrons. The van der Waals surface area contributed by atoms with E-state index < -0.39 is 0 Å². The van der Waals surface area contributed by atoms with Crippen LogP contribution in [0.25, 0.3) is 0 Å². The predicted octanol–water partition coefficient (Wildman–Crippen LogP) is 3.26. The summed E-state index contributed by atoms with van der Waals surface area (Å²) in [6.45, 7) is 4.54. The third kappa shape index (κ3) is 3.51. The summed E-state index contributed by atoms with van der Waals surface area (Å²) in [5.41, 5.74) is 0.530. The molecular weight excluding hydrogens is 186 g/mol. The fourth-order valence-electron chi connectivity index (χ4n) is 3.33. The van der Waals surface area contributed by atoms with Crippen molar-refractivity contribution in [2.45, 2.75) is 71.3 Å². The first-order valence-corrected chi connectivity index (χ1v) is 6.46. The van der Waals surface area contributed by atoms with Gasteiger partial charge in [-0.25, -0.2) is 0 Å². The average molecular weight is 211 g/mol. The van der Waals surface area contributed by atoms with E-state index >= 15 is 0 Å². The minimum Gasteiger partial charge on any atom is -0.356 e. The van der Waals surface area contributed by atoms with Crippen LogP contribution >= 0.6 is 0 Å². The molecule has 1 rings (SSSR count). The second-order valence-electron chi connectivity index (χ2n) is 5.08. The van der Waals surface area contributed by atoms with E-state index in [4.69, 9.17) is 0 Å². The molecule has 0 spiro atoms. The Balaban J connectivity index is 2.57. The molecule has 0 aromatic heterocycles. The quantitative estimate of drug-likeness (QED) is 0.671. The van der Waals surface area contributed by atoms with Crippen LogP contribution in [0.3, 0.4) is 0 Å². The molecule has 1 aliphatic carbocycles. The Kier molecular flexibility index (Phi) is 5.13. The van der Waals surface area contributed by atoms with Crippen LogP contribution in [0.15, 0.2) is 0 Å². The SMILES string of the molecule is CCCC1(CCC)CCCC(NC=O)C1. The van der Waals surface area contributed by atoms with Gasteiger partial charge in [0.2, 0.25) is 6.41 Å². The summed E-state index contributed by atoms with van der Waals surface area (Å²) in [5, 5.41) is 2.98. The van der Waals surface area contributed by atoms with Gasteiger partial charge in [-0.1, -0.05) is 33.1 Å². The van der Waals surface area contributed by atoms with Crippen molar-refractivity contribution in [3.63, 3.8) is 0 Å². The smallest absolute Gasteiger partial charge is 0.207 e. The maximum absolute atomic E-state index is 10.5. The average Bonchev–Trinajstić information content (AvgIpc) is 2.19. The van der Waals surface area contributed by atoms with Crippen molar-refractivity contribution in [3.05, 3.63) is 0 Å². The van der Waals surface area contributed by atoms with Crippen LogP contribution in [-0.2, 0) is 4.79 Å². The summed E-state index contributed by atoms with van der Waals surface area (Å²) in [6.07, 6.45) is 11.1. The summed E-state index contributed by atoms with van der Waals surface area (Å²) in [6, 6.07) is 0.439. The monoisotopic (exact) mass is 211 g/mol. The van der Waals surface area contributed by atoms with Crippen LogP contribution in [0.2, 0.25) is 0 Å². The zero-order chi connectivity index (χ0) is 11.1. The van der Waals surface area contributed by atoms with Crippen LogP contribution in [0.4, 0.5) is 0 Å². The molecular formula is C13H25NO. The molecule has 1 amide bonds. The van der Waals surface area contributed by atoms with E-state index in [0.29, 0.717) is 11.5 Å². The summed E-state index contributed by atoms with van der Waals surface area (Å²) >= 11 is 0. The van der Waals surface area contributed by atoms with Crippen LogP contribution in [0, 0.1) is 5.41 Å². The van der Waals surface area contributed by atoms with Gasteiger partial charge in [-0.05, 0) is 37.5 Å². The Bertz CT molecular complexity index is 179. The fourth-order valence-corrected chi connectivity index (χ4v) is 3.33. The maximum Gasteiger partial charge on any atom is 0.207 e. The molecule has 88 valence electrons. The highest BCUT2D eigenvalue weighted by atomic mass is 16.1. The zero-order valence-corrected chi connectivity index (χ0v) is 10.2. The Morgan fingerprint density at radius 1 is 1.33 bits per heavy atom. The highest BCUT2D eigenvalue weighted by Gasteiger charge is 2.34. The van der Waals surface area contributed by atoms with E-state index in [1.165, 1.54) is 51.4 Å². The molecule has 2 nitrogen and oxygen atoms in total. The summed E-state index contributed by atoms with van der Waals surface area (Å²) in [4.78, 5) is 10.5. The molecule has 0 saturated heterocycles. The highest BCUT2D eigenvalue weighted by molar-refractivity contribution is 5.46. The van der Waals surface area contributed by atoms with Crippen molar-refractivity contribution < 1.29 is 4.79 Å². The molecule has 0 heterocycles. The third-order valence-electron chi connectivity index (χ3n) is 3.80. The van der Waals surface area contributed by atoms with Crippen LogP contribution in [0.1, 0.15) is 65.2 Å². The van der Waals surface area contributed by atoms with Gasteiger partial charge in [0.25, 0.3) is 0 Å². The van der Waals surface area contributed by atoms with Crippen molar-refractivity contribution in [2.75, 3.05) is 0 Å². The molecule has 0 aromatic carbocycles. The van der Waals surface area contributed by atoms with Gasteiger partial charge in [-0.2, -0.15) is 0 Å². The molecule has 1 atom stereocenters. The minimum absolute atomic E-state index is 0.439. The van der Waals surface area contributed by atoms with Crippen LogP contribution < -0.4 is 5.32 Å². The standard InChI is InChI=1S/C13H25NO/c1-3-7-13(8-4-2)9-5-6-12(10-13)14-11-15/h11-12H,3-10H2,1-2H3,(H,14,15). The third-order valence-corrected chi connectivity index (χ3v) is 3.80. The number of carbonyl (C=O) groups is 1. The van der Waals surface area contributed by atoms with E-state index in [2.05, 4.69) is 19.2 Å². The summed E-state index contributed by atoms with van der Waals surface area (Å²) in [5.74, 6) is 0. The number of hydrogen-bond acceptors (Lipinski definition) is 1. The molecule has 15 heavy (non-hydrogen) atoms. The van der Waals surface area contributed by atoms with Gasteiger partial charge in [0.1, 0.15) is 0 Å². The van der Waals surface area contributed by atoms with Gasteiger partial charge < -0.3 is 5.32 Å². The van der Waals surface area contributed by atoms with Gasteiger partial charge in [-0.3, -0.25) is 4.79 Å². The molecule has 0 aromatic rings. The van der Waals surface area contributed by atoms with Crippen LogP contribution in [-0.4, -0.2) is 12.5 Å². The Morgan fingerprint density at radius 2 is 2.00 bits per heavy atom. The molecule has 0 aliphatic heterocycles. The van der Waals surface area contributed by atoms with E-state index in [0.717, 1.165) is 6.41 Å². The largest absolute Gasteiger partial charge is 0.356 e. The van der Waals surface area contributed by atoms with E-state index in [1.807, 2.05) is 0 Å². The second kappa shape index (κ2) is 6.14. The first-order valence-electron chi connectivity index (χ1n) is 6.46. The highest BCUT2D eigenvalue weighted by Crippen LogP contribution is 2.43. The Morgan fingerprint density at radius 3 is 2.53 bits per heavy atom. The van der Waals surface area contributed by atoms with Gasteiger partial charge in [-0.15, -0.1) is 0 Å². The number of amides is 1. The van der Waals surface area contributed by atoms with Crippen molar-refractivity contribution in [2.24, 2.45) is 5.41 Å². The van der Waals surface area contributed by atoms with Gasteiger partial charge in [0, 0.05) is 6.04 Å². The van der Waals surface area contributed by atoms with E-state index in [1.54, 1.807) is 0 Å².